The number of aromatic hydroxyl groups is 1. The van der Waals surface area contributed by atoms with E-state index in [0.29, 0.717) is 11.3 Å². The summed E-state index contributed by atoms with van der Waals surface area (Å²) in [5, 5.41) is 20.1. The van der Waals surface area contributed by atoms with E-state index in [9.17, 15) is 24.3 Å². The molecule has 1 aromatic heterocycles. The van der Waals surface area contributed by atoms with E-state index >= 15 is 0 Å². The molecule has 0 spiro atoms. The number of rotatable bonds is 6. The number of ketones is 1. The average molecular weight is 392 g/mol. The molecule has 146 valence electrons. The number of nitrogens with zero attached hydrogens (tertiary/aromatic N) is 2. The zero-order valence-electron chi connectivity index (χ0n) is 15.6. The average Bonchev–Trinajstić information content (AvgIpc) is 2.72. The Morgan fingerprint density at radius 3 is 2.45 bits per heavy atom. The SMILES string of the molecule is Cc1c(C(=O)COc2ccccc2)c(O)n(Cc2ccc(F)cc2)c(=O)c1C#N. The molecule has 29 heavy (non-hydrogen) atoms. The van der Waals surface area contributed by atoms with Crippen LogP contribution in [0, 0.1) is 24.1 Å². The molecule has 6 nitrogen and oxygen atoms in total. The number of hydrogen-bond donors (Lipinski definition) is 1. The molecule has 3 rings (SSSR count). The lowest BCUT2D eigenvalue weighted by atomic mass is 10.0. The molecule has 0 bridgehead atoms. The maximum atomic E-state index is 13.1. The van der Waals surface area contributed by atoms with Gasteiger partial charge in [-0.2, -0.15) is 5.26 Å². The van der Waals surface area contributed by atoms with Crippen molar-refractivity contribution in [3.63, 3.8) is 0 Å². The molecule has 3 aromatic rings. The zero-order chi connectivity index (χ0) is 21.0. The lowest BCUT2D eigenvalue weighted by Crippen LogP contribution is -2.28. The van der Waals surface area contributed by atoms with Crippen LogP contribution in [0.15, 0.2) is 59.4 Å². The minimum absolute atomic E-state index is 0.0898. The third kappa shape index (κ3) is 4.17. The lowest BCUT2D eigenvalue weighted by Gasteiger charge is -2.16. The first kappa shape index (κ1) is 19.8. The van der Waals surface area contributed by atoms with Gasteiger partial charge in [-0.15, -0.1) is 0 Å². The summed E-state index contributed by atoms with van der Waals surface area (Å²) in [4.78, 5) is 25.4. The van der Waals surface area contributed by atoms with Crippen molar-refractivity contribution in [3.05, 3.63) is 93.0 Å². The van der Waals surface area contributed by atoms with Crippen LogP contribution in [0.2, 0.25) is 0 Å². The first-order valence-corrected chi connectivity index (χ1v) is 8.74. The highest BCUT2D eigenvalue weighted by molar-refractivity contribution is 6.01. The van der Waals surface area contributed by atoms with Gasteiger partial charge in [0.2, 0.25) is 11.7 Å². The number of pyridine rings is 1. The van der Waals surface area contributed by atoms with Gasteiger partial charge in [0.25, 0.3) is 5.56 Å². The summed E-state index contributed by atoms with van der Waals surface area (Å²) in [7, 11) is 0. The van der Waals surface area contributed by atoms with Crippen LogP contribution >= 0.6 is 0 Å². The maximum Gasteiger partial charge on any atom is 0.271 e. The second-order valence-corrected chi connectivity index (χ2v) is 6.35. The number of ether oxygens (including phenoxy) is 1. The van der Waals surface area contributed by atoms with Gasteiger partial charge in [-0.05, 0) is 42.3 Å². The summed E-state index contributed by atoms with van der Waals surface area (Å²) in [6, 6.07) is 15.8. The van der Waals surface area contributed by atoms with Crippen LogP contribution in [0.5, 0.6) is 11.6 Å². The summed E-state index contributed by atoms with van der Waals surface area (Å²) < 4.78 is 19.5. The van der Waals surface area contributed by atoms with Gasteiger partial charge in [0.1, 0.15) is 23.2 Å². The number of Topliss-reactive ketones (excluding diaryl/α,β-unsaturated/α-hetero) is 1. The second-order valence-electron chi connectivity index (χ2n) is 6.35. The molecular formula is C22H17FN2O4. The minimum atomic E-state index is -0.729. The third-order valence-corrected chi connectivity index (χ3v) is 4.45. The molecule has 0 radical (unpaired) electrons. The number of carbonyl (C=O) groups excluding carboxylic acids is 1. The van der Waals surface area contributed by atoms with Crippen molar-refractivity contribution < 1.29 is 19.0 Å². The van der Waals surface area contributed by atoms with E-state index in [1.165, 1.54) is 31.2 Å². The Bertz CT molecular complexity index is 1150. The molecule has 0 unspecified atom stereocenters. The molecule has 1 heterocycles. The summed E-state index contributed by atoms with van der Waals surface area (Å²) in [5.74, 6) is -1.11. The number of hydrogen-bond acceptors (Lipinski definition) is 5. The quantitative estimate of drug-likeness (QED) is 0.651. The Labute approximate surface area is 166 Å². The fourth-order valence-electron chi connectivity index (χ4n) is 2.94. The van der Waals surface area contributed by atoms with Crippen molar-refractivity contribution in [3.8, 4) is 17.7 Å². The molecule has 0 saturated carbocycles. The smallest absolute Gasteiger partial charge is 0.271 e. The molecule has 1 N–H and O–H groups in total. The maximum absolute atomic E-state index is 13.1. The summed E-state index contributed by atoms with van der Waals surface area (Å²) in [6.45, 7) is 0.926. The topological polar surface area (TPSA) is 92.3 Å². The van der Waals surface area contributed by atoms with Gasteiger partial charge < -0.3 is 9.84 Å². The molecule has 2 aromatic carbocycles. The van der Waals surface area contributed by atoms with Crippen LogP contribution in [0.3, 0.4) is 0 Å². The largest absolute Gasteiger partial charge is 0.494 e. The van der Waals surface area contributed by atoms with Crippen LogP contribution in [0.4, 0.5) is 4.39 Å². The molecule has 0 amide bonds. The highest BCUT2D eigenvalue weighted by atomic mass is 19.1. The number of carbonyl (C=O) groups is 1. The van der Waals surface area contributed by atoms with E-state index in [2.05, 4.69) is 0 Å². The molecular weight excluding hydrogens is 375 g/mol. The highest BCUT2D eigenvalue weighted by Crippen LogP contribution is 2.24. The first-order valence-electron chi connectivity index (χ1n) is 8.74. The summed E-state index contributed by atoms with van der Waals surface area (Å²) in [5.41, 5.74) is -0.512. The van der Waals surface area contributed by atoms with Gasteiger partial charge in [0, 0.05) is 0 Å². The Morgan fingerprint density at radius 1 is 1.17 bits per heavy atom. The Balaban J connectivity index is 2.00. The van der Waals surface area contributed by atoms with E-state index in [4.69, 9.17) is 4.74 Å². The summed E-state index contributed by atoms with van der Waals surface area (Å²) in [6.07, 6.45) is 0. The predicted molar refractivity (Wildman–Crippen MR) is 104 cm³/mol. The zero-order valence-corrected chi connectivity index (χ0v) is 15.6. The molecule has 0 aliphatic heterocycles. The molecule has 0 fully saturated rings. The Kier molecular flexibility index (Phi) is 5.74. The number of nitriles is 1. The molecule has 0 saturated heterocycles. The van der Waals surface area contributed by atoms with Gasteiger partial charge in [0.15, 0.2) is 6.61 Å². The molecule has 0 aliphatic carbocycles. The van der Waals surface area contributed by atoms with E-state index in [-0.39, 0.29) is 29.8 Å². The van der Waals surface area contributed by atoms with Crippen molar-refractivity contribution in [1.82, 2.24) is 4.57 Å². The number of benzene rings is 2. The number of halogens is 1. The van der Waals surface area contributed by atoms with E-state index in [1.54, 1.807) is 36.4 Å². The van der Waals surface area contributed by atoms with Crippen molar-refractivity contribution in [2.75, 3.05) is 6.61 Å². The molecule has 0 atom stereocenters. The standard InChI is InChI=1S/C22H17FN2O4/c1-14-18(11-24)21(27)25(12-15-7-9-16(23)10-8-15)22(28)20(14)19(26)13-29-17-5-3-2-4-6-17/h2-10,28H,12-13H2,1H3. The third-order valence-electron chi connectivity index (χ3n) is 4.45. The molecule has 7 heteroatoms. The van der Waals surface area contributed by atoms with Gasteiger partial charge in [0.05, 0.1) is 12.1 Å². The van der Waals surface area contributed by atoms with Gasteiger partial charge in [-0.3, -0.25) is 14.2 Å². The predicted octanol–water partition coefficient (Wildman–Crippen LogP) is 3.18. The van der Waals surface area contributed by atoms with E-state index in [1.807, 2.05) is 0 Å². The van der Waals surface area contributed by atoms with Crippen molar-refractivity contribution in [2.45, 2.75) is 13.5 Å². The first-order chi connectivity index (χ1) is 13.9. The highest BCUT2D eigenvalue weighted by Gasteiger charge is 2.24. The second kappa shape index (κ2) is 8.40. The fraction of sp³-hybridized carbons (Fsp3) is 0.136. The lowest BCUT2D eigenvalue weighted by molar-refractivity contribution is 0.0916. The van der Waals surface area contributed by atoms with Crippen molar-refractivity contribution >= 4 is 5.78 Å². The van der Waals surface area contributed by atoms with Crippen LogP contribution in [-0.2, 0) is 6.54 Å². The number of aromatic nitrogens is 1. The van der Waals surface area contributed by atoms with Gasteiger partial charge >= 0.3 is 0 Å². The van der Waals surface area contributed by atoms with E-state index < -0.39 is 23.0 Å². The van der Waals surface area contributed by atoms with Crippen LogP contribution < -0.4 is 10.3 Å². The van der Waals surface area contributed by atoms with Crippen LogP contribution in [-0.4, -0.2) is 22.1 Å². The van der Waals surface area contributed by atoms with E-state index in [0.717, 1.165) is 4.57 Å². The normalized spacial score (nSPS) is 10.4. The molecule has 0 aliphatic rings. The Morgan fingerprint density at radius 2 is 1.83 bits per heavy atom. The summed E-state index contributed by atoms with van der Waals surface area (Å²) >= 11 is 0. The fourth-order valence-corrected chi connectivity index (χ4v) is 2.94. The van der Waals surface area contributed by atoms with Crippen LogP contribution in [0.25, 0.3) is 0 Å². The van der Waals surface area contributed by atoms with Crippen molar-refractivity contribution in [2.24, 2.45) is 0 Å². The van der Waals surface area contributed by atoms with Crippen molar-refractivity contribution in [1.29, 1.82) is 5.26 Å². The minimum Gasteiger partial charge on any atom is -0.494 e. The van der Waals surface area contributed by atoms with Gasteiger partial charge in [-0.1, -0.05) is 30.3 Å². The van der Waals surface area contributed by atoms with Crippen LogP contribution in [0.1, 0.15) is 27.0 Å². The Hall–Kier alpha value is -3.92. The number of para-hydroxylation sites is 1. The van der Waals surface area contributed by atoms with Gasteiger partial charge in [-0.25, -0.2) is 4.39 Å². The monoisotopic (exact) mass is 392 g/mol.